The predicted octanol–water partition coefficient (Wildman–Crippen LogP) is 5.74. The number of rotatable bonds is 9. The first-order valence-corrected chi connectivity index (χ1v) is 12.3. The first-order valence-electron chi connectivity index (χ1n) is 9.94. The largest absolute Gasteiger partial charge is 0.497 e. The fourth-order valence-corrected chi connectivity index (χ4v) is 5.26. The monoisotopic (exact) mass is 668 g/mol. The van der Waals surface area contributed by atoms with E-state index >= 15 is 0 Å². The molecule has 1 amide bonds. The summed E-state index contributed by atoms with van der Waals surface area (Å²) >= 11 is 10.2. The molecule has 35 heavy (non-hydrogen) atoms. The van der Waals surface area contributed by atoms with Crippen LogP contribution in [0.3, 0.4) is 0 Å². The highest BCUT2D eigenvalue weighted by molar-refractivity contribution is 9.11. The fourth-order valence-electron chi connectivity index (χ4n) is 2.77. The Morgan fingerprint density at radius 3 is 2.37 bits per heavy atom. The van der Waals surface area contributed by atoms with Gasteiger partial charge in [0.2, 0.25) is 0 Å². The first kappa shape index (κ1) is 26.7. The maximum Gasteiger partial charge on any atom is 0.343 e. The number of methoxy groups -OCH3 is 2. The highest BCUT2D eigenvalue weighted by Crippen LogP contribution is 2.36. The van der Waals surface area contributed by atoms with Crippen LogP contribution >= 0.6 is 47.8 Å². The van der Waals surface area contributed by atoms with Crippen molar-refractivity contribution in [3.05, 3.63) is 79.1 Å². The van der Waals surface area contributed by atoms with Crippen LogP contribution in [-0.4, -0.2) is 38.9 Å². The topological polar surface area (TPSA) is 95.5 Å². The molecule has 182 valence electrons. The molecule has 3 aromatic rings. The molecule has 0 aliphatic rings. The van der Waals surface area contributed by atoms with Gasteiger partial charge in [0.1, 0.15) is 11.5 Å². The van der Waals surface area contributed by atoms with Crippen molar-refractivity contribution in [1.29, 1.82) is 0 Å². The smallest absolute Gasteiger partial charge is 0.343 e. The van der Waals surface area contributed by atoms with Crippen LogP contribution < -0.4 is 24.4 Å². The van der Waals surface area contributed by atoms with Crippen molar-refractivity contribution >= 4 is 65.9 Å². The molecule has 0 heterocycles. The van der Waals surface area contributed by atoms with Crippen LogP contribution in [0.5, 0.6) is 23.0 Å². The van der Waals surface area contributed by atoms with E-state index in [-0.39, 0.29) is 12.4 Å². The molecule has 0 fully saturated rings. The van der Waals surface area contributed by atoms with Gasteiger partial charge in [-0.15, -0.1) is 0 Å². The minimum Gasteiger partial charge on any atom is -0.497 e. The first-order chi connectivity index (χ1) is 16.8. The van der Waals surface area contributed by atoms with Gasteiger partial charge in [-0.2, -0.15) is 5.10 Å². The number of hydrazone groups is 1. The summed E-state index contributed by atoms with van der Waals surface area (Å²) in [5.74, 6) is 0.600. The van der Waals surface area contributed by atoms with E-state index in [9.17, 15) is 9.59 Å². The number of amides is 1. The van der Waals surface area contributed by atoms with E-state index in [1.165, 1.54) is 20.4 Å². The van der Waals surface area contributed by atoms with Gasteiger partial charge in [-0.25, -0.2) is 10.2 Å². The molecule has 0 atom stereocenters. The van der Waals surface area contributed by atoms with Crippen molar-refractivity contribution in [2.24, 2.45) is 5.10 Å². The van der Waals surface area contributed by atoms with Crippen molar-refractivity contribution in [3.63, 3.8) is 0 Å². The molecule has 0 aliphatic carbocycles. The van der Waals surface area contributed by atoms with Crippen LogP contribution in [0.25, 0.3) is 0 Å². The number of hydrogen-bond donors (Lipinski definition) is 1. The van der Waals surface area contributed by atoms with Crippen LogP contribution in [0.4, 0.5) is 0 Å². The van der Waals surface area contributed by atoms with Crippen LogP contribution in [0.2, 0.25) is 0 Å². The number of hydrogen-bond acceptors (Lipinski definition) is 7. The Morgan fingerprint density at radius 1 is 0.943 bits per heavy atom. The normalized spacial score (nSPS) is 10.7. The third-order valence-corrected chi connectivity index (χ3v) is 6.05. The van der Waals surface area contributed by atoms with Crippen molar-refractivity contribution in [3.8, 4) is 23.0 Å². The lowest BCUT2D eigenvalue weighted by Gasteiger charge is -2.11. The van der Waals surface area contributed by atoms with Gasteiger partial charge in [-0.05, 0) is 86.0 Å². The maximum atomic E-state index is 12.5. The molecule has 3 aromatic carbocycles. The lowest BCUT2D eigenvalue weighted by molar-refractivity contribution is -0.123. The highest BCUT2D eigenvalue weighted by Gasteiger charge is 2.14. The molecule has 0 aromatic heterocycles. The Labute approximate surface area is 227 Å². The maximum absolute atomic E-state index is 12.5. The molecule has 0 saturated carbocycles. The molecular weight excluding hydrogens is 652 g/mol. The minimum atomic E-state index is -0.556. The molecular formula is C24H19Br3N2O6. The number of carbonyl (C=O) groups is 2. The highest BCUT2D eigenvalue weighted by atomic mass is 79.9. The lowest BCUT2D eigenvalue weighted by Crippen LogP contribution is -2.24. The number of nitrogens with zero attached hydrogens (tertiary/aromatic N) is 1. The summed E-state index contributed by atoms with van der Waals surface area (Å²) in [7, 11) is 2.97. The van der Waals surface area contributed by atoms with E-state index in [4.69, 9.17) is 18.9 Å². The van der Waals surface area contributed by atoms with Crippen LogP contribution in [0.15, 0.2) is 73.1 Å². The SMILES string of the molecule is COc1cccc(C(=O)Oc2ccc(/C=N\NC(=O)COc3c(Br)cc(Br)cc3Br)cc2OC)c1. The average molecular weight is 671 g/mol. The molecule has 0 unspecified atom stereocenters. The Kier molecular flexibility index (Phi) is 9.70. The molecule has 8 nitrogen and oxygen atoms in total. The van der Waals surface area contributed by atoms with E-state index in [1.54, 1.807) is 54.6 Å². The summed E-state index contributed by atoms with van der Waals surface area (Å²) < 4.78 is 23.7. The van der Waals surface area contributed by atoms with E-state index in [0.29, 0.717) is 37.3 Å². The number of carbonyl (C=O) groups excluding carboxylic acids is 2. The number of nitrogens with one attached hydrogen (secondary N) is 1. The second kappa shape index (κ2) is 12.7. The molecule has 1 N–H and O–H groups in total. The number of ether oxygens (including phenoxy) is 4. The lowest BCUT2D eigenvalue weighted by atomic mass is 10.2. The third kappa shape index (κ3) is 7.55. The van der Waals surface area contributed by atoms with Gasteiger partial charge >= 0.3 is 5.97 Å². The molecule has 0 saturated heterocycles. The quantitative estimate of drug-likeness (QED) is 0.135. The summed E-state index contributed by atoms with van der Waals surface area (Å²) in [6, 6.07) is 15.1. The zero-order valence-corrected chi connectivity index (χ0v) is 23.3. The van der Waals surface area contributed by atoms with Gasteiger partial charge in [-0.1, -0.05) is 22.0 Å². The van der Waals surface area contributed by atoms with Crippen LogP contribution in [0.1, 0.15) is 15.9 Å². The summed E-state index contributed by atoms with van der Waals surface area (Å²) in [5.41, 5.74) is 3.35. The molecule has 3 rings (SSSR count). The van der Waals surface area contributed by atoms with E-state index < -0.39 is 11.9 Å². The fraction of sp³-hybridized carbons (Fsp3) is 0.125. The molecule has 0 spiro atoms. The van der Waals surface area contributed by atoms with Gasteiger partial charge < -0.3 is 18.9 Å². The molecule has 0 bridgehead atoms. The summed E-state index contributed by atoms with van der Waals surface area (Å²) in [6.07, 6.45) is 1.43. The summed E-state index contributed by atoms with van der Waals surface area (Å²) in [5, 5.41) is 3.93. The molecule has 11 heteroatoms. The predicted molar refractivity (Wildman–Crippen MR) is 142 cm³/mol. The molecule has 0 radical (unpaired) electrons. The number of esters is 1. The summed E-state index contributed by atoms with van der Waals surface area (Å²) in [6.45, 7) is -0.237. The zero-order valence-electron chi connectivity index (χ0n) is 18.5. The van der Waals surface area contributed by atoms with Crippen LogP contribution in [-0.2, 0) is 4.79 Å². The Balaban J connectivity index is 1.59. The standard InChI is InChI=1S/C24H19Br3N2O6/c1-32-17-5-3-4-15(9-17)24(31)35-20-7-6-14(8-21(20)33-2)12-28-29-22(30)13-34-23-18(26)10-16(25)11-19(23)27/h3-12H,13H2,1-2H3,(H,29,30)/b28-12-. The van der Waals surface area contributed by atoms with E-state index in [0.717, 1.165) is 4.47 Å². The van der Waals surface area contributed by atoms with Crippen molar-refractivity contribution < 1.29 is 28.5 Å². The second-order valence-electron chi connectivity index (χ2n) is 6.81. The van der Waals surface area contributed by atoms with Crippen molar-refractivity contribution in [2.45, 2.75) is 0 Å². The number of benzene rings is 3. The Bertz CT molecular complexity index is 1240. The van der Waals surface area contributed by atoms with Gasteiger partial charge in [0.15, 0.2) is 18.1 Å². The van der Waals surface area contributed by atoms with Gasteiger partial charge in [0.25, 0.3) is 5.91 Å². The Hall–Kier alpha value is -2.89. The van der Waals surface area contributed by atoms with Crippen molar-refractivity contribution in [1.82, 2.24) is 5.43 Å². The van der Waals surface area contributed by atoms with Gasteiger partial charge in [-0.3, -0.25) is 4.79 Å². The van der Waals surface area contributed by atoms with Crippen molar-refractivity contribution in [2.75, 3.05) is 20.8 Å². The van der Waals surface area contributed by atoms with E-state index in [1.807, 2.05) is 0 Å². The zero-order chi connectivity index (χ0) is 25.4. The number of halogens is 3. The Morgan fingerprint density at radius 2 is 1.69 bits per heavy atom. The van der Waals surface area contributed by atoms with Gasteiger partial charge in [0, 0.05) is 4.47 Å². The second-order valence-corrected chi connectivity index (χ2v) is 9.44. The van der Waals surface area contributed by atoms with Crippen LogP contribution in [0, 0.1) is 0 Å². The minimum absolute atomic E-state index is 0.237. The average Bonchev–Trinajstić information content (AvgIpc) is 2.84. The molecule has 0 aliphatic heterocycles. The van der Waals surface area contributed by atoms with Gasteiger partial charge in [0.05, 0.1) is 34.9 Å². The van der Waals surface area contributed by atoms with E-state index in [2.05, 4.69) is 58.3 Å². The summed E-state index contributed by atoms with van der Waals surface area (Å²) in [4.78, 5) is 24.6. The third-order valence-electron chi connectivity index (χ3n) is 4.41.